The summed E-state index contributed by atoms with van der Waals surface area (Å²) >= 11 is 0. The lowest BCUT2D eigenvalue weighted by atomic mass is 9.78. The fourth-order valence-electron chi connectivity index (χ4n) is 4.75. The zero-order chi connectivity index (χ0) is 22.9. The normalized spacial score (nSPS) is 27.8. The van der Waals surface area contributed by atoms with E-state index in [0.717, 1.165) is 24.0 Å². The van der Waals surface area contributed by atoms with E-state index in [2.05, 4.69) is 6.92 Å². The molecule has 0 radical (unpaired) electrons. The first-order chi connectivity index (χ1) is 15.5. The standard InChI is InChI=1S/C25H36O7/c1-2-3-4-6-17-8-10-18(11-9-17)7-5-16-30-20-14-12-19(13-15-20)25-31-21(23(26)27)22(32-25)24(28)29/h12-15,17-18,21-22,25H,2-11,16H2,1H3,(H,26,27)(H,28,29). The number of hydrogen-bond acceptors (Lipinski definition) is 5. The van der Waals surface area contributed by atoms with Crippen LogP contribution in [0.3, 0.4) is 0 Å². The predicted octanol–water partition coefficient (Wildman–Crippen LogP) is 5.18. The van der Waals surface area contributed by atoms with Crippen LogP contribution in [0.15, 0.2) is 24.3 Å². The van der Waals surface area contributed by atoms with Crippen molar-refractivity contribution in [3.63, 3.8) is 0 Å². The predicted molar refractivity (Wildman–Crippen MR) is 119 cm³/mol. The van der Waals surface area contributed by atoms with Gasteiger partial charge in [-0.2, -0.15) is 0 Å². The van der Waals surface area contributed by atoms with Crippen LogP contribution < -0.4 is 4.74 Å². The second-order valence-corrected chi connectivity index (χ2v) is 9.06. The Morgan fingerprint density at radius 2 is 1.41 bits per heavy atom. The molecule has 0 amide bonds. The van der Waals surface area contributed by atoms with Gasteiger partial charge in [0.05, 0.1) is 6.61 Å². The van der Waals surface area contributed by atoms with Crippen molar-refractivity contribution in [3.05, 3.63) is 29.8 Å². The lowest BCUT2D eigenvalue weighted by Gasteiger charge is -2.28. The zero-order valence-corrected chi connectivity index (χ0v) is 18.9. The second-order valence-electron chi connectivity index (χ2n) is 9.06. The number of ether oxygens (including phenoxy) is 3. The Labute approximate surface area is 190 Å². The van der Waals surface area contributed by atoms with E-state index < -0.39 is 30.4 Å². The Kier molecular flexibility index (Phi) is 9.36. The van der Waals surface area contributed by atoms with Gasteiger partial charge in [-0.15, -0.1) is 0 Å². The van der Waals surface area contributed by atoms with E-state index in [0.29, 0.717) is 12.2 Å². The highest BCUT2D eigenvalue weighted by atomic mass is 16.7. The van der Waals surface area contributed by atoms with Gasteiger partial charge in [0, 0.05) is 5.56 Å². The van der Waals surface area contributed by atoms with Gasteiger partial charge in [0.15, 0.2) is 18.5 Å². The third-order valence-electron chi connectivity index (χ3n) is 6.66. The molecule has 1 saturated carbocycles. The summed E-state index contributed by atoms with van der Waals surface area (Å²) in [5.41, 5.74) is 0.558. The quantitative estimate of drug-likeness (QED) is 0.425. The lowest BCUT2D eigenvalue weighted by molar-refractivity contribution is -0.156. The molecule has 3 rings (SSSR count). The summed E-state index contributed by atoms with van der Waals surface area (Å²) < 4.78 is 16.4. The van der Waals surface area contributed by atoms with Crippen molar-refractivity contribution in [2.24, 2.45) is 11.8 Å². The molecule has 2 unspecified atom stereocenters. The molecule has 1 heterocycles. The Bertz CT molecular complexity index is 702. The number of carboxylic acid groups (broad SMARTS) is 2. The van der Waals surface area contributed by atoms with E-state index in [4.69, 9.17) is 24.4 Å². The first-order valence-electron chi connectivity index (χ1n) is 12.0. The van der Waals surface area contributed by atoms with Crippen LogP contribution in [0.5, 0.6) is 5.75 Å². The largest absolute Gasteiger partial charge is 0.494 e. The van der Waals surface area contributed by atoms with Crippen molar-refractivity contribution in [2.75, 3.05) is 6.61 Å². The average Bonchev–Trinajstić information content (AvgIpc) is 3.25. The van der Waals surface area contributed by atoms with Crippen LogP contribution >= 0.6 is 0 Å². The molecule has 1 aromatic rings. The highest BCUT2D eigenvalue weighted by Crippen LogP contribution is 2.35. The summed E-state index contributed by atoms with van der Waals surface area (Å²) in [4.78, 5) is 22.4. The fraction of sp³-hybridized carbons (Fsp3) is 0.680. The minimum Gasteiger partial charge on any atom is -0.494 e. The van der Waals surface area contributed by atoms with Gasteiger partial charge in [-0.1, -0.05) is 70.4 Å². The number of rotatable bonds is 12. The smallest absolute Gasteiger partial charge is 0.336 e. The van der Waals surface area contributed by atoms with E-state index in [1.54, 1.807) is 24.3 Å². The van der Waals surface area contributed by atoms with Crippen LogP contribution in [0.2, 0.25) is 0 Å². The second kappa shape index (κ2) is 12.2. The van der Waals surface area contributed by atoms with Crippen LogP contribution in [0.1, 0.15) is 83.0 Å². The molecule has 1 aromatic carbocycles. The molecule has 0 spiro atoms. The van der Waals surface area contributed by atoms with E-state index in [9.17, 15) is 9.59 Å². The van der Waals surface area contributed by atoms with Crippen LogP contribution in [0.4, 0.5) is 0 Å². The SMILES string of the molecule is CCCCCC1CCC(CCCOc2ccc(C3OC(C(=O)O)C(C(=O)O)O3)cc2)CC1. The molecule has 0 bridgehead atoms. The monoisotopic (exact) mass is 448 g/mol. The number of benzene rings is 1. The highest BCUT2D eigenvalue weighted by Gasteiger charge is 2.46. The summed E-state index contributed by atoms with van der Waals surface area (Å²) in [6.07, 6.45) is 9.08. The van der Waals surface area contributed by atoms with Crippen LogP contribution in [-0.2, 0) is 19.1 Å². The maximum Gasteiger partial charge on any atom is 0.336 e. The van der Waals surface area contributed by atoms with Gasteiger partial charge in [-0.05, 0) is 36.8 Å². The van der Waals surface area contributed by atoms with Crippen LogP contribution in [0, 0.1) is 11.8 Å². The van der Waals surface area contributed by atoms with Gasteiger partial charge in [0.1, 0.15) is 5.75 Å². The molecule has 2 N–H and O–H groups in total. The summed E-state index contributed by atoms with van der Waals surface area (Å²) in [7, 11) is 0. The minimum absolute atomic E-state index is 0.558. The summed E-state index contributed by atoms with van der Waals surface area (Å²) in [6.45, 7) is 2.92. The van der Waals surface area contributed by atoms with Crippen molar-refractivity contribution >= 4 is 11.9 Å². The topological polar surface area (TPSA) is 102 Å². The first-order valence-corrected chi connectivity index (χ1v) is 12.0. The molecule has 1 aliphatic carbocycles. The summed E-state index contributed by atoms with van der Waals surface area (Å²) in [6, 6.07) is 6.97. The van der Waals surface area contributed by atoms with Gasteiger partial charge >= 0.3 is 11.9 Å². The minimum atomic E-state index is -1.53. The molecular formula is C25H36O7. The Morgan fingerprint density at radius 1 is 0.875 bits per heavy atom. The van der Waals surface area contributed by atoms with Gasteiger partial charge in [-0.25, -0.2) is 9.59 Å². The molecular weight excluding hydrogens is 412 g/mol. The fourth-order valence-corrected chi connectivity index (χ4v) is 4.75. The molecule has 32 heavy (non-hydrogen) atoms. The van der Waals surface area contributed by atoms with E-state index in [1.165, 1.54) is 57.8 Å². The van der Waals surface area contributed by atoms with Gasteiger partial charge < -0.3 is 24.4 Å². The van der Waals surface area contributed by atoms with E-state index in [1.807, 2.05) is 0 Å². The van der Waals surface area contributed by atoms with Crippen LogP contribution in [0.25, 0.3) is 0 Å². The Balaban J connectivity index is 1.35. The van der Waals surface area contributed by atoms with Gasteiger partial charge in [-0.3, -0.25) is 0 Å². The number of carboxylic acids is 2. The van der Waals surface area contributed by atoms with Crippen LogP contribution in [-0.4, -0.2) is 41.0 Å². The molecule has 1 saturated heterocycles. The number of unbranched alkanes of at least 4 members (excludes halogenated alkanes) is 2. The van der Waals surface area contributed by atoms with E-state index >= 15 is 0 Å². The molecule has 1 aliphatic heterocycles. The maximum atomic E-state index is 11.2. The van der Waals surface area contributed by atoms with Crippen molar-refractivity contribution in [2.45, 2.75) is 89.6 Å². The average molecular weight is 449 g/mol. The van der Waals surface area contributed by atoms with E-state index in [-0.39, 0.29) is 0 Å². The lowest BCUT2D eigenvalue weighted by Crippen LogP contribution is -2.36. The van der Waals surface area contributed by atoms with Gasteiger partial charge in [0.25, 0.3) is 0 Å². The summed E-state index contributed by atoms with van der Waals surface area (Å²) in [5.74, 6) is -0.230. The van der Waals surface area contributed by atoms with Crippen molar-refractivity contribution in [1.29, 1.82) is 0 Å². The Morgan fingerprint density at radius 3 is 1.91 bits per heavy atom. The molecule has 7 nitrogen and oxygen atoms in total. The molecule has 2 atom stereocenters. The van der Waals surface area contributed by atoms with Gasteiger partial charge in [0.2, 0.25) is 0 Å². The van der Waals surface area contributed by atoms with Crippen molar-refractivity contribution < 1.29 is 34.0 Å². The maximum absolute atomic E-state index is 11.2. The number of carbonyl (C=O) groups is 2. The van der Waals surface area contributed by atoms with Crippen molar-refractivity contribution in [1.82, 2.24) is 0 Å². The molecule has 0 aromatic heterocycles. The highest BCUT2D eigenvalue weighted by molar-refractivity contribution is 5.84. The molecule has 2 aliphatic rings. The number of hydrogen-bond donors (Lipinski definition) is 2. The third kappa shape index (κ3) is 6.94. The molecule has 7 heteroatoms. The molecule has 178 valence electrons. The molecule has 2 fully saturated rings. The summed E-state index contributed by atoms with van der Waals surface area (Å²) in [5, 5.41) is 18.2. The van der Waals surface area contributed by atoms with Crippen molar-refractivity contribution in [3.8, 4) is 5.75 Å². The first kappa shape index (κ1) is 24.5. The Hall–Kier alpha value is -2.12. The number of aliphatic carboxylic acids is 2. The third-order valence-corrected chi connectivity index (χ3v) is 6.66. The zero-order valence-electron chi connectivity index (χ0n) is 18.9.